The first-order valence-electron chi connectivity index (χ1n) is 7.79. The van der Waals surface area contributed by atoms with E-state index in [1.165, 1.54) is 4.57 Å². The predicted molar refractivity (Wildman–Crippen MR) is 101 cm³/mol. The Labute approximate surface area is 151 Å². The molecule has 7 heteroatoms. The minimum atomic E-state index is -0.489. The van der Waals surface area contributed by atoms with Crippen LogP contribution in [0.4, 0.5) is 5.69 Å². The highest BCUT2D eigenvalue weighted by Gasteiger charge is 2.14. The third kappa shape index (κ3) is 3.41. The van der Waals surface area contributed by atoms with E-state index in [0.717, 1.165) is 9.04 Å². The normalized spacial score (nSPS) is 10.8. The Morgan fingerprint density at radius 3 is 2.40 bits per heavy atom. The summed E-state index contributed by atoms with van der Waals surface area (Å²) in [7, 11) is 0. The number of nitrogens with zero attached hydrogens (tertiary/aromatic N) is 2. The number of fused-ring (bicyclic) bond motifs is 1. The maximum atomic E-state index is 12.6. The van der Waals surface area contributed by atoms with E-state index in [1.807, 2.05) is 12.1 Å². The Kier molecular flexibility index (Phi) is 4.85. The van der Waals surface area contributed by atoms with Gasteiger partial charge < -0.3 is 5.32 Å². The van der Waals surface area contributed by atoms with Gasteiger partial charge in [-0.05, 0) is 43.3 Å². The molecule has 1 amide bonds. The highest BCUT2D eigenvalue weighted by Crippen LogP contribution is 2.14. The third-order valence-corrected chi connectivity index (χ3v) is 4.41. The van der Waals surface area contributed by atoms with Gasteiger partial charge >= 0.3 is 5.69 Å². The molecule has 0 fully saturated rings. The molecule has 1 heterocycles. The molecular weight excluding hydrogens is 386 g/mol. The fourth-order valence-corrected chi connectivity index (χ4v) is 2.94. The Balaban J connectivity index is 2.00. The maximum Gasteiger partial charge on any atom is 0.331 e. The molecule has 0 saturated heterocycles. The Morgan fingerprint density at radius 1 is 1.04 bits per heavy atom. The van der Waals surface area contributed by atoms with Gasteiger partial charge in [-0.25, -0.2) is 4.79 Å². The van der Waals surface area contributed by atoms with Gasteiger partial charge in [-0.2, -0.15) is 0 Å². The van der Waals surface area contributed by atoms with Crippen LogP contribution >= 0.6 is 15.9 Å². The third-order valence-electron chi connectivity index (χ3n) is 3.88. The van der Waals surface area contributed by atoms with E-state index in [0.29, 0.717) is 16.6 Å². The van der Waals surface area contributed by atoms with Crippen molar-refractivity contribution in [1.29, 1.82) is 0 Å². The van der Waals surface area contributed by atoms with Crippen LogP contribution in [0.25, 0.3) is 10.9 Å². The molecule has 128 valence electrons. The first kappa shape index (κ1) is 17.2. The lowest BCUT2D eigenvalue weighted by molar-refractivity contribution is -0.116. The number of para-hydroxylation sites is 1. The number of aromatic nitrogens is 2. The second kappa shape index (κ2) is 7.06. The fourth-order valence-electron chi connectivity index (χ4n) is 2.68. The Morgan fingerprint density at radius 2 is 1.72 bits per heavy atom. The molecule has 3 aromatic rings. The van der Waals surface area contributed by atoms with Crippen molar-refractivity contribution in [3.8, 4) is 0 Å². The zero-order valence-electron chi connectivity index (χ0n) is 13.5. The number of nitrogens with one attached hydrogen (secondary N) is 1. The van der Waals surface area contributed by atoms with Gasteiger partial charge in [0.15, 0.2) is 0 Å². The van der Waals surface area contributed by atoms with Gasteiger partial charge in [-0.3, -0.25) is 18.7 Å². The molecule has 0 atom stereocenters. The molecule has 0 spiro atoms. The number of hydrogen-bond donors (Lipinski definition) is 1. The van der Waals surface area contributed by atoms with Crippen LogP contribution in [0.5, 0.6) is 0 Å². The van der Waals surface area contributed by atoms with Crippen molar-refractivity contribution in [2.45, 2.75) is 20.0 Å². The van der Waals surface area contributed by atoms with Crippen molar-refractivity contribution in [1.82, 2.24) is 9.13 Å². The SMILES string of the molecule is CCn1c(=O)c2ccccc2n(CC(=O)Nc2ccc(Br)cc2)c1=O. The molecule has 0 saturated carbocycles. The molecule has 1 aromatic heterocycles. The number of anilines is 1. The van der Waals surface area contributed by atoms with Crippen LogP contribution in [-0.2, 0) is 17.9 Å². The number of amides is 1. The summed E-state index contributed by atoms with van der Waals surface area (Å²) in [5.74, 6) is -0.337. The number of hydrogen-bond acceptors (Lipinski definition) is 3. The lowest BCUT2D eigenvalue weighted by Crippen LogP contribution is -2.41. The minimum absolute atomic E-state index is 0.171. The molecule has 0 unspecified atom stereocenters. The summed E-state index contributed by atoms with van der Waals surface area (Å²) in [6.45, 7) is 1.80. The molecule has 0 radical (unpaired) electrons. The van der Waals surface area contributed by atoms with E-state index in [9.17, 15) is 14.4 Å². The summed E-state index contributed by atoms with van der Waals surface area (Å²) < 4.78 is 3.37. The summed E-state index contributed by atoms with van der Waals surface area (Å²) in [5.41, 5.74) is 0.257. The van der Waals surface area contributed by atoms with Gasteiger partial charge in [0.1, 0.15) is 6.54 Å². The first-order chi connectivity index (χ1) is 12.0. The average molecular weight is 402 g/mol. The van der Waals surface area contributed by atoms with E-state index in [4.69, 9.17) is 0 Å². The molecule has 1 N–H and O–H groups in total. The van der Waals surface area contributed by atoms with Gasteiger partial charge in [0, 0.05) is 16.7 Å². The summed E-state index contributed by atoms with van der Waals surface area (Å²) in [6, 6.07) is 14.0. The first-order valence-corrected chi connectivity index (χ1v) is 8.58. The molecule has 2 aromatic carbocycles. The largest absolute Gasteiger partial charge is 0.331 e. The molecule has 3 rings (SSSR count). The number of carbonyl (C=O) groups excluding carboxylic acids is 1. The van der Waals surface area contributed by atoms with Gasteiger partial charge in [0.25, 0.3) is 5.56 Å². The van der Waals surface area contributed by atoms with Crippen molar-refractivity contribution in [3.63, 3.8) is 0 Å². The van der Waals surface area contributed by atoms with Crippen molar-refractivity contribution in [3.05, 3.63) is 73.8 Å². The monoisotopic (exact) mass is 401 g/mol. The Bertz CT molecular complexity index is 1050. The average Bonchev–Trinajstić information content (AvgIpc) is 2.61. The smallest absolute Gasteiger partial charge is 0.325 e. The topological polar surface area (TPSA) is 73.1 Å². The molecule has 0 aliphatic rings. The molecular formula is C18H16BrN3O3. The second-order valence-electron chi connectivity index (χ2n) is 5.49. The van der Waals surface area contributed by atoms with Crippen molar-refractivity contribution < 1.29 is 4.79 Å². The zero-order chi connectivity index (χ0) is 18.0. The highest BCUT2D eigenvalue weighted by molar-refractivity contribution is 9.10. The quantitative estimate of drug-likeness (QED) is 0.729. The zero-order valence-corrected chi connectivity index (χ0v) is 15.1. The van der Waals surface area contributed by atoms with E-state index in [2.05, 4.69) is 21.2 Å². The molecule has 0 bridgehead atoms. The van der Waals surface area contributed by atoms with Crippen molar-refractivity contribution in [2.24, 2.45) is 0 Å². The standard InChI is InChI=1S/C18H16BrN3O3/c1-2-21-17(24)14-5-3-4-6-15(14)22(18(21)25)11-16(23)20-13-9-7-12(19)8-10-13/h3-10H,2,11H2,1H3,(H,20,23). The number of halogens is 1. The number of carbonyl (C=O) groups is 1. The lowest BCUT2D eigenvalue weighted by Gasteiger charge is -2.13. The minimum Gasteiger partial charge on any atom is -0.325 e. The van der Waals surface area contributed by atoms with Gasteiger partial charge in [0.2, 0.25) is 5.91 Å². The van der Waals surface area contributed by atoms with Gasteiger partial charge in [-0.1, -0.05) is 28.1 Å². The Hall–Kier alpha value is -2.67. The summed E-state index contributed by atoms with van der Waals surface area (Å²) >= 11 is 3.33. The van der Waals surface area contributed by atoms with Crippen LogP contribution in [0.2, 0.25) is 0 Å². The van der Waals surface area contributed by atoms with Crippen molar-refractivity contribution >= 4 is 38.4 Å². The van der Waals surface area contributed by atoms with Crippen molar-refractivity contribution in [2.75, 3.05) is 5.32 Å². The highest BCUT2D eigenvalue weighted by atomic mass is 79.9. The molecule has 0 aliphatic heterocycles. The fraction of sp³-hybridized carbons (Fsp3) is 0.167. The summed E-state index contributed by atoms with van der Waals surface area (Å²) in [5, 5.41) is 3.17. The van der Waals surface area contributed by atoms with Crippen LogP contribution in [0.3, 0.4) is 0 Å². The predicted octanol–water partition coefficient (Wildman–Crippen LogP) is 2.58. The molecule has 0 aliphatic carbocycles. The van der Waals surface area contributed by atoms with Crippen LogP contribution in [0.1, 0.15) is 6.92 Å². The van der Waals surface area contributed by atoms with Crippen LogP contribution in [0, 0.1) is 0 Å². The number of benzene rings is 2. The van der Waals surface area contributed by atoms with Crippen LogP contribution in [0.15, 0.2) is 62.6 Å². The van der Waals surface area contributed by atoms with Gasteiger partial charge in [-0.15, -0.1) is 0 Å². The van der Waals surface area contributed by atoms with Gasteiger partial charge in [0.05, 0.1) is 10.9 Å². The molecule has 6 nitrogen and oxygen atoms in total. The summed E-state index contributed by atoms with van der Waals surface area (Å²) in [4.78, 5) is 37.4. The van der Waals surface area contributed by atoms with Crippen LogP contribution < -0.4 is 16.6 Å². The van der Waals surface area contributed by atoms with Crippen LogP contribution in [-0.4, -0.2) is 15.0 Å². The lowest BCUT2D eigenvalue weighted by atomic mass is 10.2. The number of rotatable bonds is 4. The van der Waals surface area contributed by atoms with E-state index >= 15 is 0 Å². The van der Waals surface area contributed by atoms with E-state index in [1.54, 1.807) is 43.3 Å². The molecule has 25 heavy (non-hydrogen) atoms. The van der Waals surface area contributed by atoms with E-state index < -0.39 is 5.69 Å². The van der Waals surface area contributed by atoms with E-state index in [-0.39, 0.29) is 24.6 Å². The second-order valence-corrected chi connectivity index (χ2v) is 6.41. The summed E-state index contributed by atoms with van der Waals surface area (Å²) in [6.07, 6.45) is 0. The maximum absolute atomic E-state index is 12.6.